The van der Waals surface area contributed by atoms with Crippen LogP contribution in [0.25, 0.3) is 22.0 Å². The maximum absolute atomic E-state index is 13.0. The van der Waals surface area contributed by atoms with Gasteiger partial charge in [-0.05, 0) is 17.7 Å². The molecule has 0 bridgehead atoms. The first-order chi connectivity index (χ1) is 11.6. The van der Waals surface area contributed by atoms with E-state index in [0.29, 0.717) is 22.4 Å². The number of benzene rings is 2. The van der Waals surface area contributed by atoms with Gasteiger partial charge in [-0.15, -0.1) is 0 Å². The van der Waals surface area contributed by atoms with Crippen LogP contribution in [-0.2, 0) is 7.05 Å². The number of methoxy groups -OCH3 is 3. The van der Waals surface area contributed by atoms with Gasteiger partial charge in [-0.1, -0.05) is 12.1 Å². The molecule has 0 fully saturated rings. The van der Waals surface area contributed by atoms with E-state index in [9.17, 15) is 4.79 Å². The van der Waals surface area contributed by atoms with Crippen molar-refractivity contribution >= 4 is 10.9 Å². The lowest BCUT2D eigenvalue weighted by atomic mass is 10.0. The molecule has 0 atom stereocenters. The van der Waals surface area contributed by atoms with Crippen LogP contribution >= 0.6 is 0 Å². The Morgan fingerprint density at radius 1 is 0.875 bits per heavy atom. The lowest BCUT2D eigenvalue weighted by Crippen LogP contribution is -2.11. The van der Waals surface area contributed by atoms with Crippen LogP contribution in [0.2, 0.25) is 0 Å². The van der Waals surface area contributed by atoms with Gasteiger partial charge < -0.3 is 18.8 Å². The van der Waals surface area contributed by atoms with Crippen LogP contribution in [0.3, 0.4) is 0 Å². The summed E-state index contributed by atoms with van der Waals surface area (Å²) in [5.41, 5.74) is 2.12. The Morgan fingerprint density at radius 2 is 1.54 bits per heavy atom. The van der Waals surface area contributed by atoms with Gasteiger partial charge in [0.1, 0.15) is 17.2 Å². The number of pyridine rings is 1. The fourth-order valence-electron chi connectivity index (χ4n) is 2.79. The summed E-state index contributed by atoms with van der Waals surface area (Å²) in [6.45, 7) is 0. The predicted molar refractivity (Wildman–Crippen MR) is 94.3 cm³/mol. The number of rotatable bonds is 4. The molecule has 1 aromatic heterocycles. The summed E-state index contributed by atoms with van der Waals surface area (Å²) >= 11 is 0. The summed E-state index contributed by atoms with van der Waals surface area (Å²) < 4.78 is 17.8. The van der Waals surface area contributed by atoms with E-state index in [1.54, 1.807) is 27.4 Å². The normalized spacial score (nSPS) is 10.7. The highest BCUT2D eigenvalue weighted by atomic mass is 16.5. The minimum absolute atomic E-state index is 0.0761. The number of aromatic nitrogens is 1. The molecule has 24 heavy (non-hydrogen) atoms. The van der Waals surface area contributed by atoms with E-state index >= 15 is 0 Å². The number of fused-ring (bicyclic) bond motifs is 1. The van der Waals surface area contributed by atoms with Gasteiger partial charge in [0.05, 0.1) is 32.2 Å². The van der Waals surface area contributed by atoms with E-state index in [1.807, 2.05) is 48.1 Å². The van der Waals surface area contributed by atoms with Crippen molar-refractivity contribution in [2.24, 2.45) is 7.05 Å². The second-order valence-corrected chi connectivity index (χ2v) is 5.44. The third kappa shape index (κ3) is 2.58. The van der Waals surface area contributed by atoms with Gasteiger partial charge in [0.2, 0.25) is 5.43 Å². The van der Waals surface area contributed by atoms with E-state index in [2.05, 4.69) is 0 Å². The largest absolute Gasteiger partial charge is 0.497 e. The number of nitrogens with zero attached hydrogens (tertiary/aromatic N) is 1. The highest BCUT2D eigenvalue weighted by Crippen LogP contribution is 2.31. The minimum atomic E-state index is -0.0761. The molecule has 0 unspecified atom stereocenters. The Balaban J connectivity index is 2.31. The Bertz CT molecular complexity index is 942. The van der Waals surface area contributed by atoms with E-state index in [4.69, 9.17) is 14.2 Å². The zero-order valence-electron chi connectivity index (χ0n) is 14.1. The van der Waals surface area contributed by atoms with E-state index in [0.717, 1.165) is 16.8 Å². The first-order valence-electron chi connectivity index (χ1n) is 7.49. The Hall–Kier alpha value is -2.95. The summed E-state index contributed by atoms with van der Waals surface area (Å²) in [6.07, 6.45) is 1.82. The van der Waals surface area contributed by atoms with E-state index in [-0.39, 0.29) is 5.43 Å². The molecule has 124 valence electrons. The van der Waals surface area contributed by atoms with Gasteiger partial charge in [0, 0.05) is 30.9 Å². The molecule has 2 aromatic carbocycles. The first kappa shape index (κ1) is 15.9. The van der Waals surface area contributed by atoms with Crippen molar-refractivity contribution in [3.05, 3.63) is 52.8 Å². The average molecular weight is 325 g/mol. The molecule has 3 rings (SSSR count). The third-order valence-corrected chi connectivity index (χ3v) is 4.09. The van der Waals surface area contributed by atoms with Gasteiger partial charge in [-0.25, -0.2) is 0 Å². The second-order valence-electron chi connectivity index (χ2n) is 5.44. The molecule has 0 spiro atoms. The molecule has 0 radical (unpaired) electrons. The molecule has 3 aromatic rings. The van der Waals surface area contributed by atoms with Crippen LogP contribution in [0.5, 0.6) is 17.2 Å². The molecule has 0 aliphatic carbocycles. The number of ether oxygens (including phenoxy) is 3. The van der Waals surface area contributed by atoms with Crippen molar-refractivity contribution in [2.45, 2.75) is 0 Å². The molecule has 0 amide bonds. The molecule has 0 aliphatic rings. The second kappa shape index (κ2) is 6.28. The highest BCUT2D eigenvalue weighted by molar-refractivity contribution is 5.90. The maximum atomic E-state index is 13.0. The zero-order valence-corrected chi connectivity index (χ0v) is 14.1. The molecular formula is C19H19NO4. The van der Waals surface area contributed by atoms with Gasteiger partial charge in [0.25, 0.3) is 0 Å². The lowest BCUT2D eigenvalue weighted by molar-refractivity contribution is 0.397. The summed E-state index contributed by atoms with van der Waals surface area (Å²) in [5.74, 6) is 1.89. The standard InChI is InChI=1S/C19H19NO4/c1-20-11-15(12-5-7-13(22-2)8-6-12)19(21)18-16(20)9-14(23-3)10-17(18)24-4/h5-11H,1-4H3. The van der Waals surface area contributed by atoms with Crippen molar-refractivity contribution in [1.82, 2.24) is 4.57 Å². The first-order valence-corrected chi connectivity index (χ1v) is 7.49. The summed E-state index contributed by atoms with van der Waals surface area (Å²) in [7, 11) is 6.65. The number of hydrogen-bond acceptors (Lipinski definition) is 4. The molecule has 0 saturated heterocycles. The highest BCUT2D eigenvalue weighted by Gasteiger charge is 2.15. The van der Waals surface area contributed by atoms with Crippen LogP contribution in [0.1, 0.15) is 0 Å². The molecule has 1 heterocycles. The van der Waals surface area contributed by atoms with E-state index < -0.39 is 0 Å². The number of hydrogen-bond donors (Lipinski definition) is 0. The summed E-state index contributed by atoms with van der Waals surface area (Å²) in [5, 5.41) is 0.536. The molecule has 0 N–H and O–H groups in total. The van der Waals surface area contributed by atoms with E-state index in [1.165, 1.54) is 0 Å². The van der Waals surface area contributed by atoms with Crippen LogP contribution in [0, 0.1) is 0 Å². The van der Waals surface area contributed by atoms with Crippen molar-refractivity contribution in [3.63, 3.8) is 0 Å². The van der Waals surface area contributed by atoms with Crippen molar-refractivity contribution in [1.29, 1.82) is 0 Å². The summed E-state index contributed by atoms with van der Waals surface area (Å²) in [4.78, 5) is 13.0. The van der Waals surface area contributed by atoms with Gasteiger partial charge in [0.15, 0.2) is 0 Å². The van der Waals surface area contributed by atoms with Crippen LogP contribution in [0.15, 0.2) is 47.4 Å². The quantitative estimate of drug-likeness (QED) is 0.739. The Morgan fingerprint density at radius 3 is 2.12 bits per heavy atom. The lowest BCUT2D eigenvalue weighted by Gasteiger charge is -2.14. The molecule has 5 heteroatoms. The fraction of sp³-hybridized carbons (Fsp3) is 0.211. The van der Waals surface area contributed by atoms with Crippen LogP contribution in [0.4, 0.5) is 0 Å². The van der Waals surface area contributed by atoms with Crippen molar-refractivity contribution < 1.29 is 14.2 Å². The fourth-order valence-corrected chi connectivity index (χ4v) is 2.79. The predicted octanol–water partition coefficient (Wildman–Crippen LogP) is 3.23. The van der Waals surface area contributed by atoms with Gasteiger partial charge in [-0.3, -0.25) is 4.79 Å². The van der Waals surface area contributed by atoms with Crippen LogP contribution < -0.4 is 19.6 Å². The van der Waals surface area contributed by atoms with Gasteiger partial charge >= 0.3 is 0 Å². The molecular weight excluding hydrogens is 306 g/mol. The SMILES string of the molecule is COc1ccc(-c2cn(C)c3cc(OC)cc(OC)c3c2=O)cc1. The topological polar surface area (TPSA) is 49.7 Å². The van der Waals surface area contributed by atoms with Crippen molar-refractivity contribution in [2.75, 3.05) is 21.3 Å². The number of aryl methyl sites for hydroxylation is 1. The average Bonchev–Trinajstić information content (AvgIpc) is 2.63. The van der Waals surface area contributed by atoms with Gasteiger partial charge in [-0.2, -0.15) is 0 Å². The zero-order chi connectivity index (χ0) is 17.3. The molecule has 0 aliphatic heterocycles. The van der Waals surface area contributed by atoms with Crippen molar-refractivity contribution in [3.8, 4) is 28.4 Å². The maximum Gasteiger partial charge on any atom is 0.200 e. The third-order valence-electron chi connectivity index (χ3n) is 4.09. The Kier molecular flexibility index (Phi) is 4.16. The minimum Gasteiger partial charge on any atom is -0.497 e. The van der Waals surface area contributed by atoms with Crippen LogP contribution in [-0.4, -0.2) is 25.9 Å². The summed E-state index contributed by atoms with van der Waals surface area (Å²) in [6, 6.07) is 11.0. The Labute approximate surface area is 140 Å². The molecule has 0 saturated carbocycles. The smallest absolute Gasteiger partial charge is 0.200 e. The molecule has 5 nitrogen and oxygen atoms in total. The monoisotopic (exact) mass is 325 g/mol.